The lowest BCUT2D eigenvalue weighted by atomic mass is 10.1. The Hall–Kier alpha value is -2.91. The molecule has 1 unspecified atom stereocenters. The van der Waals surface area contributed by atoms with Crippen molar-refractivity contribution in [3.63, 3.8) is 0 Å². The minimum atomic E-state index is 0.192. The monoisotopic (exact) mass is 426 g/mol. The van der Waals surface area contributed by atoms with Crippen LogP contribution < -0.4 is 10.2 Å². The highest BCUT2D eigenvalue weighted by molar-refractivity contribution is 5.90. The molecule has 0 saturated carbocycles. The van der Waals surface area contributed by atoms with E-state index < -0.39 is 0 Å². The minimum Gasteiger partial charge on any atom is -0.508 e. The number of ether oxygens (including phenoxy) is 2. The van der Waals surface area contributed by atoms with Crippen molar-refractivity contribution in [3.8, 4) is 17.0 Å². The van der Waals surface area contributed by atoms with Crippen LogP contribution in [0.3, 0.4) is 0 Å². The molecule has 0 bridgehead atoms. The van der Waals surface area contributed by atoms with Gasteiger partial charge in [-0.2, -0.15) is 4.98 Å². The number of morpholine rings is 1. The van der Waals surface area contributed by atoms with Crippen LogP contribution in [0.5, 0.6) is 5.75 Å². The molecule has 3 heterocycles. The predicted octanol–water partition coefficient (Wildman–Crippen LogP) is 3.06. The Bertz CT molecular complexity index is 1030. The van der Waals surface area contributed by atoms with E-state index >= 15 is 0 Å². The molecule has 1 aliphatic rings. The van der Waals surface area contributed by atoms with E-state index in [1.165, 1.54) is 0 Å². The molecule has 9 heteroatoms. The van der Waals surface area contributed by atoms with Crippen molar-refractivity contribution in [2.45, 2.75) is 26.3 Å². The van der Waals surface area contributed by atoms with Crippen LogP contribution in [0.2, 0.25) is 0 Å². The maximum atomic E-state index is 10.1. The van der Waals surface area contributed by atoms with Crippen LogP contribution >= 0.6 is 0 Å². The SMILES string of the molecule is CCC(C)n1c(NCCOC)nc2c(-c3cccc(O)c3)nc(N3CCOCC3)nc21. The molecule has 0 spiro atoms. The third kappa shape index (κ3) is 4.42. The summed E-state index contributed by atoms with van der Waals surface area (Å²) in [5, 5.41) is 13.5. The minimum absolute atomic E-state index is 0.192. The van der Waals surface area contributed by atoms with Crippen LogP contribution in [0, 0.1) is 0 Å². The zero-order chi connectivity index (χ0) is 21.8. The van der Waals surface area contributed by atoms with Gasteiger partial charge in [-0.15, -0.1) is 0 Å². The smallest absolute Gasteiger partial charge is 0.228 e. The first-order valence-electron chi connectivity index (χ1n) is 10.8. The highest BCUT2D eigenvalue weighted by Crippen LogP contribution is 2.33. The third-order valence-electron chi connectivity index (χ3n) is 5.56. The van der Waals surface area contributed by atoms with E-state index in [0.29, 0.717) is 43.5 Å². The van der Waals surface area contributed by atoms with Crippen molar-refractivity contribution in [2.24, 2.45) is 0 Å². The molecule has 2 N–H and O–H groups in total. The number of nitrogens with zero attached hydrogens (tertiary/aromatic N) is 5. The van der Waals surface area contributed by atoms with E-state index in [0.717, 1.165) is 36.7 Å². The lowest BCUT2D eigenvalue weighted by molar-refractivity contribution is 0.122. The molecule has 2 aromatic heterocycles. The Labute approximate surface area is 182 Å². The van der Waals surface area contributed by atoms with Gasteiger partial charge < -0.3 is 24.8 Å². The number of phenols is 1. The number of hydrogen-bond acceptors (Lipinski definition) is 8. The molecule has 0 amide bonds. The van der Waals surface area contributed by atoms with Gasteiger partial charge in [-0.25, -0.2) is 9.97 Å². The number of imidazole rings is 1. The van der Waals surface area contributed by atoms with Gasteiger partial charge in [0, 0.05) is 38.3 Å². The van der Waals surface area contributed by atoms with Crippen LogP contribution in [-0.2, 0) is 9.47 Å². The van der Waals surface area contributed by atoms with Crippen molar-refractivity contribution >= 4 is 23.1 Å². The second-order valence-corrected chi connectivity index (χ2v) is 7.68. The number of aromatic hydroxyl groups is 1. The molecule has 9 nitrogen and oxygen atoms in total. The van der Waals surface area contributed by atoms with Crippen molar-refractivity contribution in [3.05, 3.63) is 24.3 Å². The van der Waals surface area contributed by atoms with Crippen LogP contribution in [-0.4, -0.2) is 71.2 Å². The van der Waals surface area contributed by atoms with E-state index in [9.17, 15) is 5.11 Å². The molecule has 166 valence electrons. The van der Waals surface area contributed by atoms with Crippen molar-refractivity contribution < 1.29 is 14.6 Å². The predicted molar refractivity (Wildman–Crippen MR) is 121 cm³/mol. The van der Waals surface area contributed by atoms with Crippen LogP contribution in [0.25, 0.3) is 22.4 Å². The Kier molecular flexibility index (Phi) is 6.53. The zero-order valence-electron chi connectivity index (χ0n) is 18.3. The number of benzene rings is 1. The summed E-state index contributed by atoms with van der Waals surface area (Å²) in [4.78, 5) is 16.9. The topological polar surface area (TPSA) is 97.6 Å². The fourth-order valence-corrected chi connectivity index (χ4v) is 3.71. The summed E-state index contributed by atoms with van der Waals surface area (Å²) in [6.07, 6.45) is 0.933. The molecule has 1 aliphatic heterocycles. The lowest BCUT2D eigenvalue weighted by Gasteiger charge is -2.27. The van der Waals surface area contributed by atoms with Gasteiger partial charge in [0.1, 0.15) is 17.0 Å². The van der Waals surface area contributed by atoms with E-state index in [1.807, 2.05) is 12.1 Å². The molecule has 31 heavy (non-hydrogen) atoms. The number of nitrogens with one attached hydrogen (secondary N) is 1. The van der Waals surface area contributed by atoms with Crippen LogP contribution in [0.1, 0.15) is 26.3 Å². The molecular formula is C22H30N6O3. The number of methoxy groups -OCH3 is 1. The van der Waals surface area contributed by atoms with E-state index in [1.54, 1.807) is 19.2 Å². The standard InChI is InChI=1S/C22H30N6O3/c1-4-15(2)28-20-19(25-21(28)23-8-11-30-3)18(16-6-5-7-17(29)14-16)24-22(26-20)27-9-12-31-13-10-27/h5-7,14-15,29H,4,8-13H2,1-3H3,(H,23,25). The zero-order valence-corrected chi connectivity index (χ0v) is 18.3. The Morgan fingerprint density at radius 3 is 2.74 bits per heavy atom. The number of anilines is 2. The first-order valence-corrected chi connectivity index (χ1v) is 10.8. The van der Waals surface area contributed by atoms with Crippen molar-refractivity contribution in [1.82, 2.24) is 19.5 Å². The van der Waals surface area contributed by atoms with E-state index in [2.05, 4.69) is 28.6 Å². The third-order valence-corrected chi connectivity index (χ3v) is 5.56. The second kappa shape index (κ2) is 9.49. The fourth-order valence-electron chi connectivity index (χ4n) is 3.71. The molecule has 1 fully saturated rings. The maximum absolute atomic E-state index is 10.1. The van der Waals surface area contributed by atoms with Gasteiger partial charge in [0.2, 0.25) is 11.9 Å². The molecule has 1 saturated heterocycles. The summed E-state index contributed by atoms with van der Waals surface area (Å²) in [6, 6.07) is 7.31. The van der Waals surface area contributed by atoms with E-state index in [-0.39, 0.29) is 11.8 Å². The quantitative estimate of drug-likeness (QED) is 0.531. The first kappa shape index (κ1) is 21.3. The van der Waals surface area contributed by atoms with Crippen LogP contribution in [0.4, 0.5) is 11.9 Å². The molecule has 0 aliphatic carbocycles. The van der Waals surface area contributed by atoms with Crippen molar-refractivity contribution in [1.29, 1.82) is 0 Å². The average molecular weight is 427 g/mol. The Morgan fingerprint density at radius 2 is 2.03 bits per heavy atom. The fraction of sp³-hybridized carbons (Fsp3) is 0.500. The Morgan fingerprint density at radius 1 is 1.23 bits per heavy atom. The summed E-state index contributed by atoms with van der Waals surface area (Å²) >= 11 is 0. The number of hydrogen-bond donors (Lipinski definition) is 2. The van der Waals surface area contributed by atoms with Gasteiger partial charge in [0.05, 0.1) is 19.8 Å². The number of fused-ring (bicyclic) bond motifs is 1. The van der Waals surface area contributed by atoms with Gasteiger partial charge in [-0.05, 0) is 25.5 Å². The Balaban J connectivity index is 1.92. The van der Waals surface area contributed by atoms with Gasteiger partial charge in [-0.3, -0.25) is 4.57 Å². The summed E-state index contributed by atoms with van der Waals surface area (Å²) in [5.74, 6) is 1.59. The number of aromatic nitrogens is 4. The maximum Gasteiger partial charge on any atom is 0.228 e. The van der Waals surface area contributed by atoms with Gasteiger partial charge in [-0.1, -0.05) is 19.1 Å². The molecule has 4 rings (SSSR count). The van der Waals surface area contributed by atoms with Gasteiger partial charge in [0.15, 0.2) is 5.65 Å². The summed E-state index contributed by atoms with van der Waals surface area (Å²) < 4.78 is 12.8. The summed E-state index contributed by atoms with van der Waals surface area (Å²) in [6.45, 7) is 8.30. The van der Waals surface area contributed by atoms with Crippen molar-refractivity contribution in [2.75, 3.05) is 56.8 Å². The lowest BCUT2D eigenvalue weighted by Crippen LogP contribution is -2.37. The molecule has 1 atom stereocenters. The largest absolute Gasteiger partial charge is 0.508 e. The summed E-state index contributed by atoms with van der Waals surface area (Å²) in [5.41, 5.74) is 3.00. The van der Waals surface area contributed by atoms with Gasteiger partial charge >= 0.3 is 0 Å². The molecule has 0 radical (unpaired) electrons. The van der Waals surface area contributed by atoms with Gasteiger partial charge in [0.25, 0.3) is 0 Å². The highest BCUT2D eigenvalue weighted by Gasteiger charge is 2.24. The number of rotatable bonds is 8. The highest BCUT2D eigenvalue weighted by atomic mass is 16.5. The van der Waals surface area contributed by atoms with Crippen LogP contribution in [0.15, 0.2) is 24.3 Å². The molecular weight excluding hydrogens is 396 g/mol. The van der Waals surface area contributed by atoms with E-state index in [4.69, 9.17) is 24.4 Å². The first-order chi connectivity index (χ1) is 15.1. The summed E-state index contributed by atoms with van der Waals surface area (Å²) in [7, 11) is 1.68. The molecule has 1 aromatic carbocycles. The number of phenolic OH excluding ortho intramolecular Hbond substituents is 1. The molecule has 3 aromatic rings. The second-order valence-electron chi connectivity index (χ2n) is 7.68. The average Bonchev–Trinajstić information content (AvgIpc) is 3.17. The normalized spacial score (nSPS) is 15.4.